The highest BCUT2D eigenvalue weighted by Crippen LogP contribution is 2.66. The van der Waals surface area contributed by atoms with Crippen molar-refractivity contribution in [2.24, 2.45) is 5.92 Å². The van der Waals surface area contributed by atoms with E-state index in [0.717, 1.165) is 0 Å². The monoisotopic (exact) mass is 644 g/mol. The van der Waals surface area contributed by atoms with Crippen LogP contribution in [0.5, 0.6) is 0 Å². The normalized spacial score (nSPS) is 30.7. The number of nitrogens with zero attached hydrogens (tertiary/aromatic N) is 2. The third kappa shape index (κ3) is 5.28. The number of nitrogens with two attached hydrogens (primary N) is 1. The predicted octanol–water partition coefficient (Wildman–Crippen LogP) is -0.446. The Morgan fingerprint density at radius 1 is 1.21 bits per heavy atom. The average molecular weight is 644 g/mol. The van der Waals surface area contributed by atoms with E-state index in [4.69, 9.17) is 25.2 Å². The molecule has 4 unspecified atom stereocenters. The molecule has 8 N–H and O–H groups in total. The van der Waals surface area contributed by atoms with E-state index in [9.17, 15) is 28.5 Å². The number of hydrogen-bond donors (Lipinski definition) is 7. The van der Waals surface area contributed by atoms with Crippen molar-refractivity contribution in [1.29, 1.82) is 0 Å². The second-order valence-electron chi connectivity index (χ2n) is 7.12. The number of nitrogens with one attached hydrogen (secondary N) is 1. The number of aromatic amines is 1. The van der Waals surface area contributed by atoms with Crippen LogP contribution in [0.15, 0.2) is 11.0 Å². The van der Waals surface area contributed by atoms with Crippen LogP contribution in [0.3, 0.4) is 0 Å². The molecule has 0 bridgehead atoms. The number of phosphoric acid groups is 3. The molecule has 1 saturated heterocycles. The molecule has 1 saturated carbocycles. The van der Waals surface area contributed by atoms with Crippen molar-refractivity contribution < 1.29 is 56.3 Å². The molecule has 184 valence electrons. The molecule has 17 nitrogen and oxygen atoms in total. The molecule has 1 aliphatic carbocycles. The number of halogens is 1. The van der Waals surface area contributed by atoms with E-state index in [1.54, 1.807) is 10.8 Å². The van der Waals surface area contributed by atoms with Crippen molar-refractivity contribution in [3.05, 3.63) is 20.1 Å². The number of ether oxygens (including phenoxy) is 1. The predicted molar refractivity (Wildman–Crippen MR) is 114 cm³/mol. The minimum atomic E-state index is -5.65. The highest BCUT2D eigenvalue weighted by Gasteiger charge is 2.65. The fraction of sp³-hybridized carbons (Fsp3) is 0.500. The Bertz CT molecular complexity index is 1310. The fourth-order valence-corrected chi connectivity index (χ4v) is 7.51. The van der Waals surface area contributed by atoms with Gasteiger partial charge in [0.05, 0.1) is 30.2 Å². The van der Waals surface area contributed by atoms with Crippen LogP contribution in [-0.2, 0) is 31.6 Å². The lowest BCUT2D eigenvalue weighted by molar-refractivity contribution is -0.0355. The molecule has 2 fully saturated rings. The van der Waals surface area contributed by atoms with Crippen LogP contribution in [0.1, 0.15) is 6.04 Å². The topological polar surface area (TPSA) is 266 Å². The van der Waals surface area contributed by atoms with E-state index in [1.165, 1.54) is 0 Å². The Labute approximate surface area is 196 Å². The Morgan fingerprint density at radius 3 is 2.45 bits per heavy atom. The van der Waals surface area contributed by atoms with Gasteiger partial charge in [0.15, 0.2) is 5.65 Å². The molecular weight excluding hydrogens is 628 g/mol. The van der Waals surface area contributed by atoms with Crippen molar-refractivity contribution >= 4 is 63.0 Å². The molecule has 2 aromatic rings. The number of aliphatic hydroxyl groups is 1. The van der Waals surface area contributed by atoms with Gasteiger partial charge in [-0.25, -0.2) is 13.7 Å². The molecule has 2 aromatic heterocycles. The molecule has 3 heterocycles. The summed E-state index contributed by atoms with van der Waals surface area (Å²) >= 11 is 1.95. The number of H-pyrrole nitrogens is 1. The summed E-state index contributed by atoms with van der Waals surface area (Å²) < 4.78 is 53.4. The van der Waals surface area contributed by atoms with E-state index < -0.39 is 65.9 Å². The summed E-state index contributed by atoms with van der Waals surface area (Å²) in [7, 11) is -16.5. The van der Waals surface area contributed by atoms with Crippen LogP contribution in [0.25, 0.3) is 11.0 Å². The Kier molecular flexibility index (Phi) is 6.49. The minimum Gasteiger partial charge on any atom is -0.390 e. The number of aromatic nitrogens is 3. The van der Waals surface area contributed by atoms with Gasteiger partial charge in [0, 0.05) is 15.7 Å². The van der Waals surface area contributed by atoms with Gasteiger partial charge in [-0.3, -0.25) is 14.3 Å². The smallest absolute Gasteiger partial charge is 0.390 e. The highest BCUT2D eigenvalue weighted by molar-refractivity contribution is 14.1. The van der Waals surface area contributed by atoms with Gasteiger partial charge in [-0.2, -0.15) is 13.6 Å². The number of fused-ring (bicyclic) bond motifs is 2. The molecule has 7 atom stereocenters. The van der Waals surface area contributed by atoms with Crippen molar-refractivity contribution in [2.45, 2.75) is 24.4 Å². The third-order valence-electron chi connectivity index (χ3n) is 4.87. The molecule has 0 spiro atoms. The van der Waals surface area contributed by atoms with E-state index in [0.29, 0.717) is 14.6 Å². The maximum absolute atomic E-state index is 12.2. The number of phosphoric ester groups is 1. The second-order valence-corrected chi connectivity index (χ2v) is 12.7. The maximum Gasteiger partial charge on any atom is 0.490 e. The standard InChI is InChI=1S/C12H16IN4O13P3/c13-3-1-17(10-5(3)11(19)16-12(14)15-10)7-6-8(18)4(28-9(6)7)2-27-32(23,24)30-33(25,26)29-31(20,21)22/h1,4,6-9,18H,2H2,(H,23,24)(H,25,26)(H2,20,21,22)(H3,14,15,16,19)/t4-,6?,7?,8+,9-/m1/s1. The number of rotatable bonds is 8. The van der Waals surface area contributed by atoms with Crippen LogP contribution in [0.4, 0.5) is 5.95 Å². The Morgan fingerprint density at radius 2 is 1.88 bits per heavy atom. The zero-order valence-electron chi connectivity index (χ0n) is 15.9. The lowest BCUT2D eigenvalue weighted by Crippen LogP contribution is -2.32. The first kappa shape index (κ1) is 25.4. The van der Waals surface area contributed by atoms with Gasteiger partial charge in [-0.1, -0.05) is 0 Å². The first-order chi connectivity index (χ1) is 15.1. The van der Waals surface area contributed by atoms with Gasteiger partial charge < -0.3 is 39.7 Å². The van der Waals surface area contributed by atoms with Gasteiger partial charge in [-0.05, 0) is 22.6 Å². The number of nitrogen functional groups attached to an aromatic ring is 1. The van der Waals surface area contributed by atoms with Gasteiger partial charge >= 0.3 is 23.5 Å². The first-order valence-electron chi connectivity index (χ1n) is 8.76. The highest BCUT2D eigenvalue weighted by atomic mass is 127. The lowest BCUT2D eigenvalue weighted by atomic mass is 10.1. The molecule has 0 radical (unpaired) electrons. The Hall–Kier alpha value is -0.720. The average Bonchev–Trinajstić information content (AvgIpc) is 3.07. The van der Waals surface area contributed by atoms with Crippen molar-refractivity contribution in [1.82, 2.24) is 14.5 Å². The van der Waals surface area contributed by atoms with Crippen LogP contribution in [-0.4, -0.2) is 64.1 Å². The van der Waals surface area contributed by atoms with Gasteiger partial charge in [0.25, 0.3) is 5.56 Å². The number of hydrogen-bond acceptors (Lipinski definition) is 11. The molecule has 33 heavy (non-hydrogen) atoms. The maximum atomic E-state index is 12.2. The molecule has 1 aliphatic heterocycles. The third-order valence-corrected chi connectivity index (χ3v) is 9.49. The molecule has 0 aromatic carbocycles. The quantitative estimate of drug-likeness (QED) is 0.142. The zero-order valence-corrected chi connectivity index (χ0v) is 20.7. The number of anilines is 1. The first-order valence-corrected chi connectivity index (χ1v) is 14.4. The van der Waals surface area contributed by atoms with Gasteiger partial charge in [-0.15, -0.1) is 0 Å². The van der Waals surface area contributed by atoms with Crippen molar-refractivity contribution in [3.8, 4) is 0 Å². The summed E-state index contributed by atoms with van der Waals surface area (Å²) in [6.07, 6.45) is -1.26. The molecule has 21 heteroatoms. The van der Waals surface area contributed by atoms with Crippen LogP contribution >= 0.6 is 46.1 Å². The van der Waals surface area contributed by atoms with E-state index >= 15 is 0 Å². The lowest BCUT2D eigenvalue weighted by Gasteiger charge is -2.22. The largest absolute Gasteiger partial charge is 0.490 e. The molecule has 0 amide bonds. The van der Waals surface area contributed by atoms with E-state index in [2.05, 4.69) is 23.1 Å². The summed E-state index contributed by atoms with van der Waals surface area (Å²) in [6.45, 7) is -0.764. The summed E-state index contributed by atoms with van der Waals surface area (Å²) in [4.78, 5) is 54.4. The summed E-state index contributed by atoms with van der Waals surface area (Å²) in [5.41, 5.74) is 5.48. The summed E-state index contributed by atoms with van der Waals surface area (Å²) in [5, 5.41) is 10.8. The van der Waals surface area contributed by atoms with Crippen LogP contribution in [0.2, 0.25) is 0 Å². The second kappa shape index (κ2) is 8.44. The minimum absolute atomic E-state index is 0.0931. The Balaban J connectivity index is 1.41. The van der Waals surface area contributed by atoms with Crippen LogP contribution < -0.4 is 11.3 Å². The molecule has 2 aliphatic rings. The summed E-state index contributed by atoms with van der Waals surface area (Å²) in [5.74, 6) is -0.586. The van der Waals surface area contributed by atoms with Gasteiger partial charge in [0.2, 0.25) is 5.95 Å². The SMILES string of the molecule is Nc1nc2c(c(I)cn2C2C3[C@H]2O[C@H](COP(=O)(O)OP(=O)(O)OP(=O)(O)O)[C@@H]3O)c(=O)[nH]1. The number of aliphatic hydroxyl groups excluding tert-OH is 1. The van der Waals surface area contributed by atoms with Gasteiger partial charge in [0.1, 0.15) is 6.10 Å². The molecular formula is C12H16IN4O13P3. The van der Waals surface area contributed by atoms with Crippen molar-refractivity contribution in [3.63, 3.8) is 0 Å². The van der Waals surface area contributed by atoms with E-state index in [1.807, 2.05) is 22.6 Å². The fourth-order valence-electron chi connectivity index (χ4n) is 3.70. The van der Waals surface area contributed by atoms with Crippen LogP contribution in [0, 0.1) is 9.49 Å². The summed E-state index contributed by atoms with van der Waals surface area (Å²) in [6, 6.07) is -0.414. The van der Waals surface area contributed by atoms with Crippen molar-refractivity contribution in [2.75, 3.05) is 12.3 Å². The zero-order chi connectivity index (χ0) is 24.5. The van der Waals surface area contributed by atoms with E-state index in [-0.39, 0.29) is 5.95 Å². The molecule has 4 rings (SSSR count).